The van der Waals surface area contributed by atoms with E-state index in [0.29, 0.717) is 12.4 Å². The SMILES string of the molecule is CCC(C)(C)C(=O)Nc1cc(C#CCN)ccn1. The molecule has 1 aromatic rings. The van der Waals surface area contributed by atoms with Crippen molar-refractivity contribution < 1.29 is 4.79 Å². The molecule has 0 atom stereocenters. The van der Waals surface area contributed by atoms with E-state index in [2.05, 4.69) is 22.1 Å². The number of carbonyl (C=O) groups is 1. The second-order valence-electron chi connectivity index (χ2n) is 4.63. The summed E-state index contributed by atoms with van der Waals surface area (Å²) in [6, 6.07) is 3.52. The van der Waals surface area contributed by atoms with Crippen molar-refractivity contribution >= 4 is 11.7 Å². The second kappa shape index (κ2) is 6.18. The maximum absolute atomic E-state index is 12.0. The molecule has 4 nitrogen and oxygen atoms in total. The monoisotopic (exact) mass is 245 g/mol. The smallest absolute Gasteiger partial charge is 0.231 e. The Kier molecular flexibility index (Phi) is 4.87. The van der Waals surface area contributed by atoms with Gasteiger partial charge in [0.05, 0.1) is 6.54 Å². The summed E-state index contributed by atoms with van der Waals surface area (Å²) in [7, 11) is 0. The fourth-order valence-electron chi connectivity index (χ4n) is 1.18. The topological polar surface area (TPSA) is 68.0 Å². The van der Waals surface area contributed by atoms with Crippen molar-refractivity contribution in [1.82, 2.24) is 4.98 Å². The molecule has 18 heavy (non-hydrogen) atoms. The molecule has 0 radical (unpaired) electrons. The molecule has 0 unspecified atom stereocenters. The minimum atomic E-state index is -0.402. The van der Waals surface area contributed by atoms with Crippen LogP contribution in [0.15, 0.2) is 18.3 Å². The molecule has 0 saturated heterocycles. The third-order valence-corrected chi connectivity index (χ3v) is 2.83. The van der Waals surface area contributed by atoms with Gasteiger partial charge in [-0.15, -0.1) is 0 Å². The van der Waals surface area contributed by atoms with Crippen LogP contribution in [0.5, 0.6) is 0 Å². The highest BCUT2D eigenvalue weighted by molar-refractivity contribution is 5.94. The van der Waals surface area contributed by atoms with E-state index < -0.39 is 5.41 Å². The summed E-state index contributed by atoms with van der Waals surface area (Å²) in [5.41, 5.74) is 5.70. The number of nitrogens with zero attached hydrogens (tertiary/aromatic N) is 1. The van der Waals surface area contributed by atoms with Crippen molar-refractivity contribution in [2.75, 3.05) is 11.9 Å². The fourth-order valence-corrected chi connectivity index (χ4v) is 1.18. The predicted molar refractivity (Wildman–Crippen MR) is 72.9 cm³/mol. The third-order valence-electron chi connectivity index (χ3n) is 2.83. The molecule has 0 saturated carbocycles. The number of carbonyl (C=O) groups excluding carboxylic acids is 1. The summed E-state index contributed by atoms with van der Waals surface area (Å²) < 4.78 is 0. The molecule has 96 valence electrons. The van der Waals surface area contributed by atoms with Gasteiger partial charge in [0.1, 0.15) is 5.82 Å². The molecular weight excluding hydrogens is 226 g/mol. The quantitative estimate of drug-likeness (QED) is 0.797. The average Bonchev–Trinajstić information content (AvgIpc) is 2.36. The molecule has 4 heteroatoms. The number of nitrogens with one attached hydrogen (secondary N) is 1. The van der Waals surface area contributed by atoms with Gasteiger partial charge in [-0.2, -0.15) is 0 Å². The molecule has 0 aliphatic rings. The van der Waals surface area contributed by atoms with Crippen LogP contribution in [-0.2, 0) is 4.79 Å². The van der Waals surface area contributed by atoms with Crippen LogP contribution in [0, 0.1) is 17.3 Å². The van der Waals surface area contributed by atoms with E-state index in [-0.39, 0.29) is 5.91 Å². The van der Waals surface area contributed by atoms with E-state index in [4.69, 9.17) is 5.73 Å². The zero-order valence-electron chi connectivity index (χ0n) is 11.1. The summed E-state index contributed by atoms with van der Waals surface area (Å²) in [6.07, 6.45) is 2.39. The zero-order valence-corrected chi connectivity index (χ0v) is 11.1. The second-order valence-corrected chi connectivity index (χ2v) is 4.63. The van der Waals surface area contributed by atoms with Gasteiger partial charge in [0.2, 0.25) is 5.91 Å². The van der Waals surface area contributed by atoms with Crippen LogP contribution in [0.1, 0.15) is 32.8 Å². The predicted octanol–water partition coefficient (Wildman–Crippen LogP) is 1.77. The molecule has 0 aromatic carbocycles. The van der Waals surface area contributed by atoms with Crippen LogP contribution in [0.25, 0.3) is 0 Å². The highest BCUT2D eigenvalue weighted by Gasteiger charge is 2.25. The molecular formula is C14H19N3O. The minimum absolute atomic E-state index is 0.0403. The fraction of sp³-hybridized carbons (Fsp3) is 0.429. The summed E-state index contributed by atoms with van der Waals surface area (Å²) >= 11 is 0. The molecule has 0 aliphatic carbocycles. The van der Waals surface area contributed by atoms with Gasteiger partial charge in [-0.05, 0) is 18.6 Å². The Hall–Kier alpha value is -1.86. The van der Waals surface area contributed by atoms with Gasteiger partial charge >= 0.3 is 0 Å². The van der Waals surface area contributed by atoms with Crippen molar-refractivity contribution in [3.63, 3.8) is 0 Å². The molecule has 1 amide bonds. The van der Waals surface area contributed by atoms with Crippen LogP contribution in [0.4, 0.5) is 5.82 Å². The van der Waals surface area contributed by atoms with Gasteiger partial charge in [-0.1, -0.05) is 32.6 Å². The maximum atomic E-state index is 12.0. The third kappa shape index (κ3) is 3.86. The van der Waals surface area contributed by atoms with Crippen molar-refractivity contribution in [3.8, 4) is 11.8 Å². The number of aromatic nitrogens is 1. The first kappa shape index (κ1) is 14.2. The van der Waals surface area contributed by atoms with E-state index >= 15 is 0 Å². The van der Waals surface area contributed by atoms with Crippen molar-refractivity contribution in [3.05, 3.63) is 23.9 Å². The van der Waals surface area contributed by atoms with Gasteiger partial charge in [0, 0.05) is 17.2 Å². The number of hydrogen-bond donors (Lipinski definition) is 2. The molecule has 1 aromatic heterocycles. The number of hydrogen-bond acceptors (Lipinski definition) is 3. The Morgan fingerprint density at radius 3 is 2.89 bits per heavy atom. The van der Waals surface area contributed by atoms with Gasteiger partial charge in [-0.3, -0.25) is 4.79 Å². The summed E-state index contributed by atoms with van der Waals surface area (Å²) in [6.45, 7) is 6.10. The Balaban J connectivity index is 2.83. The lowest BCUT2D eigenvalue weighted by molar-refractivity contribution is -0.124. The lowest BCUT2D eigenvalue weighted by atomic mass is 9.89. The van der Waals surface area contributed by atoms with Crippen LogP contribution in [0.3, 0.4) is 0 Å². The van der Waals surface area contributed by atoms with Gasteiger partial charge in [-0.25, -0.2) is 4.98 Å². The molecule has 1 heterocycles. The Morgan fingerprint density at radius 2 is 2.28 bits per heavy atom. The highest BCUT2D eigenvalue weighted by atomic mass is 16.2. The Morgan fingerprint density at radius 1 is 1.56 bits per heavy atom. The van der Waals surface area contributed by atoms with Crippen molar-refractivity contribution in [1.29, 1.82) is 0 Å². The van der Waals surface area contributed by atoms with Crippen LogP contribution in [-0.4, -0.2) is 17.4 Å². The van der Waals surface area contributed by atoms with Crippen LogP contribution < -0.4 is 11.1 Å². The van der Waals surface area contributed by atoms with E-state index in [0.717, 1.165) is 12.0 Å². The number of nitrogens with two attached hydrogens (primary N) is 1. The molecule has 0 aliphatic heterocycles. The van der Waals surface area contributed by atoms with Gasteiger partial charge < -0.3 is 11.1 Å². The lowest BCUT2D eigenvalue weighted by Gasteiger charge is -2.21. The first-order chi connectivity index (χ1) is 8.49. The largest absolute Gasteiger partial charge is 0.320 e. The summed E-state index contributed by atoms with van der Waals surface area (Å²) in [5.74, 6) is 6.15. The van der Waals surface area contributed by atoms with Gasteiger partial charge in [0.15, 0.2) is 0 Å². The van der Waals surface area contributed by atoms with Crippen LogP contribution >= 0.6 is 0 Å². The summed E-state index contributed by atoms with van der Waals surface area (Å²) in [5, 5.41) is 2.80. The first-order valence-electron chi connectivity index (χ1n) is 5.96. The maximum Gasteiger partial charge on any atom is 0.231 e. The molecule has 3 N–H and O–H groups in total. The summed E-state index contributed by atoms with van der Waals surface area (Å²) in [4.78, 5) is 16.1. The van der Waals surface area contributed by atoms with Crippen LogP contribution in [0.2, 0.25) is 0 Å². The number of anilines is 1. The Bertz CT molecular complexity index is 483. The van der Waals surface area contributed by atoms with Crippen molar-refractivity contribution in [2.24, 2.45) is 11.1 Å². The first-order valence-corrected chi connectivity index (χ1v) is 5.96. The molecule has 1 rings (SSSR count). The number of pyridine rings is 1. The lowest BCUT2D eigenvalue weighted by Crippen LogP contribution is -2.30. The normalized spacial score (nSPS) is 10.4. The highest BCUT2D eigenvalue weighted by Crippen LogP contribution is 2.21. The van der Waals surface area contributed by atoms with E-state index in [1.807, 2.05) is 20.8 Å². The zero-order chi connectivity index (χ0) is 13.6. The Labute approximate surface area is 108 Å². The standard InChI is InChI=1S/C14H19N3O/c1-4-14(2,3)13(18)17-12-10-11(6-5-8-15)7-9-16-12/h7,9-10H,4,8,15H2,1-3H3,(H,16,17,18). The minimum Gasteiger partial charge on any atom is -0.320 e. The van der Waals surface area contributed by atoms with E-state index in [1.54, 1.807) is 18.3 Å². The number of amides is 1. The van der Waals surface area contributed by atoms with E-state index in [1.165, 1.54) is 0 Å². The van der Waals surface area contributed by atoms with Crippen molar-refractivity contribution in [2.45, 2.75) is 27.2 Å². The molecule has 0 fully saturated rings. The number of rotatable bonds is 3. The molecule has 0 spiro atoms. The van der Waals surface area contributed by atoms with Gasteiger partial charge in [0.25, 0.3) is 0 Å². The average molecular weight is 245 g/mol. The van der Waals surface area contributed by atoms with E-state index in [9.17, 15) is 4.79 Å². The molecule has 0 bridgehead atoms.